The first-order valence-electron chi connectivity index (χ1n) is 9.95. The summed E-state index contributed by atoms with van der Waals surface area (Å²) in [7, 11) is 0. The summed E-state index contributed by atoms with van der Waals surface area (Å²) in [6.45, 7) is 4.85. The molecular formula is C22H20Cl3F2N3O4. The number of benzene rings is 2. The Kier molecular flexibility index (Phi) is 7.31. The quantitative estimate of drug-likeness (QED) is 0.390. The van der Waals surface area contributed by atoms with E-state index in [1.54, 1.807) is 20.8 Å². The van der Waals surface area contributed by atoms with Crippen LogP contribution in [0.4, 0.5) is 30.6 Å². The fraction of sp³-hybridized carbons (Fsp3) is 0.318. The Morgan fingerprint density at radius 3 is 2.29 bits per heavy atom. The molecule has 0 bridgehead atoms. The molecule has 0 aliphatic heterocycles. The van der Waals surface area contributed by atoms with Gasteiger partial charge < -0.3 is 15.4 Å². The molecule has 2 aromatic carbocycles. The van der Waals surface area contributed by atoms with Crippen molar-refractivity contribution in [3.05, 3.63) is 52.6 Å². The van der Waals surface area contributed by atoms with Gasteiger partial charge >= 0.3 is 6.09 Å². The minimum Gasteiger partial charge on any atom is -0.444 e. The van der Waals surface area contributed by atoms with Crippen molar-refractivity contribution < 1.29 is 27.9 Å². The van der Waals surface area contributed by atoms with Crippen LogP contribution in [0.2, 0.25) is 5.02 Å². The molecule has 12 heteroatoms. The summed E-state index contributed by atoms with van der Waals surface area (Å²) in [6, 6.07) is 5.86. The largest absolute Gasteiger partial charge is 0.444 e. The first kappa shape index (κ1) is 26.0. The zero-order valence-corrected chi connectivity index (χ0v) is 20.5. The third-order valence-electron chi connectivity index (χ3n) is 4.59. The number of ether oxygens (including phenoxy) is 1. The number of alkyl halides is 2. The fourth-order valence-electron chi connectivity index (χ4n) is 2.86. The topological polar surface area (TPSA) is 96.5 Å². The molecular weight excluding hydrogens is 515 g/mol. The van der Waals surface area contributed by atoms with E-state index in [0.29, 0.717) is 0 Å². The SMILES string of the molecule is CC(C)(C)OC(=O)Nc1ccc(F)c(NC(=O)c2cc(NC(=O)C3CC3(Cl)Cl)ccc2Cl)c1F. The van der Waals surface area contributed by atoms with Crippen LogP contribution >= 0.6 is 34.8 Å². The maximum Gasteiger partial charge on any atom is 0.412 e. The van der Waals surface area contributed by atoms with Crippen LogP contribution in [0.1, 0.15) is 37.6 Å². The number of carbonyl (C=O) groups excluding carboxylic acids is 3. The lowest BCUT2D eigenvalue weighted by Gasteiger charge is -2.20. The van der Waals surface area contributed by atoms with Crippen molar-refractivity contribution in [1.82, 2.24) is 0 Å². The van der Waals surface area contributed by atoms with Gasteiger partial charge in [0.15, 0.2) is 5.82 Å². The van der Waals surface area contributed by atoms with Gasteiger partial charge in [0.05, 0.1) is 22.2 Å². The summed E-state index contributed by atoms with van der Waals surface area (Å²) in [5, 5.41) is 6.80. The van der Waals surface area contributed by atoms with Crippen molar-refractivity contribution in [2.45, 2.75) is 37.1 Å². The van der Waals surface area contributed by atoms with Gasteiger partial charge in [0.25, 0.3) is 5.91 Å². The van der Waals surface area contributed by atoms with Gasteiger partial charge in [0.1, 0.15) is 21.4 Å². The predicted molar refractivity (Wildman–Crippen MR) is 127 cm³/mol. The average Bonchev–Trinajstić information content (AvgIpc) is 3.35. The molecule has 3 N–H and O–H groups in total. The van der Waals surface area contributed by atoms with Crippen LogP contribution in [-0.2, 0) is 9.53 Å². The molecule has 3 amide bonds. The zero-order chi connectivity index (χ0) is 25.4. The van der Waals surface area contributed by atoms with E-state index < -0.39 is 56.8 Å². The molecule has 0 radical (unpaired) electrons. The van der Waals surface area contributed by atoms with E-state index in [0.717, 1.165) is 12.1 Å². The standard InChI is InChI=1S/C22H20Cl3F2N3O4/c1-21(2,3)34-20(33)29-15-7-6-14(26)17(16(15)27)30-18(31)11-8-10(4-5-13(11)23)28-19(32)12-9-22(12,24)25/h4-8,12H,9H2,1-3H3,(H,28,32)(H,29,33)(H,30,31). The number of carbonyl (C=O) groups is 3. The number of rotatable bonds is 5. The molecule has 1 fully saturated rings. The Hall–Kier alpha value is -2.62. The van der Waals surface area contributed by atoms with E-state index >= 15 is 0 Å². The van der Waals surface area contributed by atoms with E-state index in [9.17, 15) is 23.2 Å². The molecule has 1 saturated carbocycles. The highest BCUT2D eigenvalue weighted by Crippen LogP contribution is 2.53. The Morgan fingerprint density at radius 2 is 1.71 bits per heavy atom. The summed E-state index contributed by atoms with van der Waals surface area (Å²) >= 11 is 17.8. The van der Waals surface area contributed by atoms with Crippen molar-refractivity contribution in [2.24, 2.45) is 5.92 Å². The molecule has 1 aliphatic carbocycles. The average molecular weight is 535 g/mol. The van der Waals surface area contributed by atoms with Gasteiger partial charge in [-0.15, -0.1) is 23.2 Å². The Morgan fingerprint density at radius 1 is 1.06 bits per heavy atom. The summed E-state index contributed by atoms with van der Waals surface area (Å²) < 4.78 is 33.1. The Bertz CT molecular complexity index is 1170. The Balaban J connectivity index is 1.78. The van der Waals surface area contributed by atoms with Crippen LogP contribution in [0.5, 0.6) is 0 Å². The molecule has 1 aliphatic rings. The number of amides is 3. The van der Waals surface area contributed by atoms with E-state index in [-0.39, 0.29) is 22.7 Å². The van der Waals surface area contributed by atoms with Crippen LogP contribution in [0.15, 0.2) is 30.3 Å². The molecule has 1 unspecified atom stereocenters. The minimum absolute atomic E-state index is 0.0326. The van der Waals surface area contributed by atoms with E-state index in [4.69, 9.17) is 39.5 Å². The summed E-state index contributed by atoms with van der Waals surface area (Å²) in [4.78, 5) is 36.9. The molecule has 182 valence electrons. The number of nitrogens with one attached hydrogen (secondary N) is 3. The summed E-state index contributed by atoms with van der Waals surface area (Å²) in [5.74, 6) is -4.32. The summed E-state index contributed by atoms with van der Waals surface area (Å²) in [6.07, 6.45) is -0.676. The van der Waals surface area contributed by atoms with Gasteiger partial charge in [-0.2, -0.15) is 0 Å². The van der Waals surface area contributed by atoms with Crippen molar-refractivity contribution in [3.8, 4) is 0 Å². The Labute approximate surface area is 209 Å². The fourth-order valence-corrected chi connectivity index (χ4v) is 3.57. The van der Waals surface area contributed by atoms with Crippen LogP contribution in [0.25, 0.3) is 0 Å². The van der Waals surface area contributed by atoms with Crippen LogP contribution in [-0.4, -0.2) is 27.8 Å². The molecule has 0 aromatic heterocycles. The molecule has 2 aromatic rings. The predicted octanol–water partition coefficient (Wildman–Crippen LogP) is 6.35. The third kappa shape index (κ3) is 6.28. The first-order valence-corrected chi connectivity index (χ1v) is 11.1. The van der Waals surface area contributed by atoms with Crippen molar-refractivity contribution in [2.75, 3.05) is 16.0 Å². The smallest absolute Gasteiger partial charge is 0.412 e. The number of halogens is 5. The third-order valence-corrected chi connectivity index (χ3v) is 5.75. The maximum atomic E-state index is 14.9. The van der Waals surface area contributed by atoms with Gasteiger partial charge in [-0.3, -0.25) is 14.9 Å². The first-order chi connectivity index (χ1) is 15.7. The molecule has 34 heavy (non-hydrogen) atoms. The zero-order valence-electron chi connectivity index (χ0n) is 18.2. The van der Waals surface area contributed by atoms with Crippen molar-refractivity contribution in [3.63, 3.8) is 0 Å². The number of hydrogen-bond acceptors (Lipinski definition) is 4. The van der Waals surface area contributed by atoms with Crippen molar-refractivity contribution in [1.29, 1.82) is 0 Å². The normalized spacial score (nSPS) is 16.4. The second-order valence-corrected chi connectivity index (χ2v) is 10.5. The van der Waals surface area contributed by atoms with Gasteiger partial charge in [-0.05, 0) is 57.5 Å². The highest BCUT2D eigenvalue weighted by Gasteiger charge is 2.56. The minimum atomic E-state index is -1.23. The second kappa shape index (κ2) is 9.56. The van der Waals surface area contributed by atoms with Crippen LogP contribution in [0, 0.1) is 17.6 Å². The monoisotopic (exact) mass is 533 g/mol. The molecule has 0 spiro atoms. The van der Waals surface area contributed by atoms with E-state index in [1.807, 2.05) is 0 Å². The van der Waals surface area contributed by atoms with Crippen molar-refractivity contribution >= 4 is 69.8 Å². The van der Waals surface area contributed by atoms with Crippen LogP contribution in [0.3, 0.4) is 0 Å². The number of anilines is 3. The van der Waals surface area contributed by atoms with E-state index in [2.05, 4.69) is 16.0 Å². The molecule has 0 saturated heterocycles. The van der Waals surface area contributed by atoms with Crippen LogP contribution < -0.4 is 16.0 Å². The van der Waals surface area contributed by atoms with Gasteiger partial charge in [0.2, 0.25) is 5.91 Å². The maximum absolute atomic E-state index is 14.9. The van der Waals surface area contributed by atoms with Gasteiger partial charge in [-0.1, -0.05) is 11.6 Å². The highest BCUT2D eigenvalue weighted by molar-refractivity contribution is 6.52. The lowest BCUT2D eigenvalue weighted by molar-refractivity contribution is -0.117. The molecule has 7 nitrogen and oxygen atoms in total. The lowest BCUT2D eigenvalue weighted by atomic mass is 10.1. The molecule has 1 atom stereocenters. The molecule has 3 rings (SSSR count). The van der Waals surface area contributed by atoms with Gasteiger partial charge in [0, 0.05) is 5.69 Å². The van der Waals surface area contributed by atoms with Gasteiger partial charge in [-0.25, -0.2) is 13.6 Å². The number of hydrogen-bond donors (Lipinski definition) is 3. The highest BCUT2D eigenvalue weighted by atomic mass is 35.5. The lowest BCUT2D eigenvalue weighted by Crippen LogP contribution is -2.27. The molecule has 0 heterocycles. The summed E-state index contributed by atoms with van der Waals surface area (Å²) in [5.41, 5.74) is -2.02. The second-order valence-electron chi connectivity index (χ2n) is 8.57. The van der Waals surface area contributed by atoms with E-state index in [1.165, 1.54) is 18.2 Å².